The highest BCUT2D eigenvalue weighted by atomic mass is 19.1. The van der Waals surface area contributed by atoms with Crippen LogP contribution in [0.5, 0.6) is 5.75 Å². The highest BCUT2D eigenvalue weighted by Gasteiger charge is 2.30. The smallest absolute Gasteiger partial charge is 0.243 e. The lowest BCUT2D eigenvalue weighted by Crippen LogP contribution is -2.51. The first-order valence-corrected chi connectivity index (χ1v) is 11.0. The predicted molar refractivity (Wildman–Crippen MR) is 118 cm³/mol. The average Bonchev–Trinajstić information content (AvgIpc) is 3.28. The number of carbonyl (C=O) groups is 2. The molecule has 166 valence electrons. The minimum atomic E-state index is -0.560. The van der Waals surface area contributed by atoms with Crippen LogP contribution in [0.4, 0.5) is 4.39 Å². The molecule has 0 spiro atoms. The molecule has 1 aliphatic carbocycles. The molecule has 2 aromatic carbocycles. The molecule has 1 N–H and O–H groups in total. The molecule has 1 saturated carbocycles. The zero-order chi connectivity index (χ0) is 22.2. The molecular weight excluding hydrogens is 395 g/mol. The lowest BCUT2D eigenvalue weighted by Gasteiger charge is -2.31. The fourth-order valence-electron chi connectivity index (χ4n) is 4.09. The summed E-state index contributed by atoms with van der Waals surface area (Å²) in [6.45, 7) is 2.24. The van der Waals surface area contributed by atoms with E-state index in [0.717, 1.165) is 42.6 Å². The van der Waals surface area contributed by atoms with E-state index in [1.165, 1.54) is 12.1 Å². The van der Waals surface area contributed by atoms with E-state index in [-0.39, 0.29) is 30.1 Å². The van der Waals surface area contributed by atoms with Crippen LogP contribution in [-0.2, 0) is 22.6 Å². The third-order valence-corrected chi connectivity index (χ3v) is 5.87. The number of methoxy groups -OCH3 is 1. The summed E-state index contributed by atoms with van der Waals surface area (Å²) in [4.78, 5) is 28.0. The van der Waals surface area contributed by atoms with Gasteiger partial charge in [-0.2, -0.15) is 0 Å². The number of hydrogen-bond acceptors (Lipinski definition) is 3. The minimum Gasteiger partial charge on any atom is -0.497 e. The van der Waals surface area contributed by atoms with Crippen LogP contribution in [0.2, 0.25) is 0 Å². The zero-order valence-electron chi connectivity index (χ0n) is 18.3. The molecule has 0 saturated heterocycles. The molecule has 1 fully saturated rings. The van der Waals surface area contributed by atoms with E-state index >= 15 is 0 Å². The van der Waals surface area contributed by atoms with Gasteiger partial charge in [0.2, 0.25) is 11.8 Å². The van der Waals surface area contributed by atoms with Crippen LogP contribution in [0.15, 0.2) is 48.5 Å². The Hall–Kier alpha value is -2.89. The first-order chi connectivity index (χ1) is 15.0. The lowest BCUT2D eigenvalue weighted by molar-refractivity contribution is -0.141. The Bertz CT molecular complexity index is 861. The molecule has 0 unspecified atom stereocenters. The van der Waals surface area contributed by atoms with Gasteiger partial charge in [0.25, 0.3) is 0 Å². The number of nitrogens with one attached hydrogen (secondary N) is 1. The number of halogens is 1. The van der Waals surface area contributed by atoms with E-state index in [1.54, 1.807) is 24.1 Å². The fraction of sp³-hybridized carbons (Fsp3) is 0.440. The maximum absolute atomic E-state index is 13.3. The molecule has 0 heterocycles. The summed E-state index contributed by atoms with van der Waals surface area (Å²) < 4.78 is 18.5. The number of carbonyl (C=O) groups excluding carboxylic acids is 2. The molecule has 0 radical (unpaired) electrons. The van der Waals surface area contributed by atoms with Crippen LogP contribution in [0, 0.1) is 5.82 Å². The van der Waals surface area contributed by atoms with E-state index in [9.17, 15) is 14.0 Å². The molecule has 6 heteroatoms. The first kappa shape index (κ1) is 22.8. The maximum Gasteiger partial charge on any atom is 0.243 e. The summed E-state index contributed by atoms with van der Waals surface area (Å²) in [7, 11) is 1.61. The molecule has 0 aliphatic heterocycles. The first-order valence-electron chi connectivity index (χ1n) is 11.0. The summed E-state index contributed by atoms with van der Waals surface area (Å²) in [6, 6.07) is 13.0. The van der Waals surface area contributed by atoms with E-state index in [4.69, 9.17) is 4.74 Å². The van der Waals surface area contributed by atoms with Crippen molar-refractivity contribution < 1.29 is 18.7 Å². The summed E-state index contributed by atoms with van der Waals surface area (Å²) in [5, 5.41) is 3.14. The van der Waals surface area contributed by atoms with Crippen molar-refractivity contribution in [2.75, 3.05) is 7.11 Å². The van der Waals surface area contributed by atoms with E-state index in [2.05, 4.69) is 5.32 Å². The Labute approximate surface area is 183 Å². The van der Waals surface area contributed by atoms with Gasteiger partial charge in [0.05, 0.1) is 13.5 Å². The molecular formula is C25H31FN2O3. The van der Waals surface area contributed by atoms with Crippen LogP contribution < -0.4 is 10.1 Å². The normalized spacial score (nSPS) is 14.8. The van der Waals surface area contributed by atoms with Gasteiger partial charge in [0, 0.05) is 12.6 Å². The van der Waals surface area contributed by atoms with Crippen molar-refractivity contribution in [3.8, 4) is 5.75 Å². The standard InChI is InChI=1S/C25H31FN2O3/c1-3-23(25(30)27-21-6-4-5-7-21)28(17-19-10-14-22(31-2)15-11-19)24(29)16-18-8-12-20(26)13-9-18/h8-15,21,23H,3-7,16-17H2,1-2H3,(H,27,30)/t23-/m1/s1. The molecule has 31 heavy (non-hydrogen) atoms. The van der Waals surface area contributed by atoms with Crippen molar-refractivity contribution in [3.05, 3.63) is 65.5 Å². The van der Waals surface area contributed by atoms with Crippen molar-refractivity contribution in [1.29, 1.82) is 0 Å². The summed E-state index contributed by atoms with van der Waals surface area (Å²) in [5.41, 5.74) is 1.64. The highest BCUT2D eigenvalue weighted by Crippen LogP contribution is 2.20. The number of hydrogen-bond donors (Lipinski definition) is 1. The van der Waals surface area contributed by atoms with Crippen molar-refractivity contribution in [3.63, 3.8) is 0 Å². The number of nitrogens with zero attached hydrogens (tertiary/aromatic N) is 1. The third kappa shape index (κ3) is 6.29. The van der Waals surface area contributed by atoms with Gasteiger partial charge in [-0.3, -0.25) is 9.59 Å². The van der Waals surface area contributed by atoms with E-state index < -0.39 is 6.04 Å². The van der Waals surface area contributed by atoms with Crippen LogP contribution in [0.25, 0.3) is 0 Å². The maximum atomic E-state index is 13.3. The minimum absolute atomic E-state index is 0.102. The second kappa shape index (κ2) is 10.9. The van der Waals surface area contributed by atoms with Gasteiger partial charge in [-0.05, 0) is 54.7 Å². The molecule has 5 nitrogen and oxygen atoms in total. The molecule has 1 atom stereocenters. The van der Waals surface area contributed by atoms with Gasteiger partial charge in [-0.25, -0.2) is 4.39 Å². The molecule has 0 aromatic heterocycles. The quantitative estimate of drug-likeness (QED) is 0.652. The second-order valence-electron chi connectivity index (χ2n) is 8.09. The number of amides is 2. The Kier molecular flexibility index (Phi) is 8.04. The Morgan fingerprint density at radius 1 is 1.06 bits per heavy atom. The second-order valence-corrected chi connectivity index (χ2v) is 8.09. The van der Waals surface area contributed by atoms with Crippen molar-refractivity contribution in [2.24, 2.45) is 0 Å². The predicted octanol–water partition coefficient (Wildman–Crippen LogP) is 4.24. The third-order valence-electron chi connectivity index (χ3n) is 5.87. The van der Waals surface area contributed by atoms with Gasteiger partial charge in [-0.15, -0.1) is 0 Å². The Morgan fingerprint density at radius 2 is 1.68 bits per heavy atom. The fourth-order valence-corrected chi connectivity index (χ4v) is 4.09. The molecule has 0 bridgehead atoms. The molecule has 1 aliphatic rings. The van der Waals surface area contributed by atoms with Gasteiger partial charge in [-0.1, -0.05) is 44.0 Å². The zero-order valence-corrected chi connectivity index (χ0v) is 18.3. The Morgan fingerprint density at radius 3 is 2.26 bits per heavy atom. The summed E-state index contributed by atoms with van der Waals surface area (Å²) >= 11 is 0. The highest BCUT2D eigenvalue weighted by molar-refractivity contribution is 5.88. The van der Waals surface area contributed by atoms with Gasteiger partial charge >= 0.3 is 0 Å². The van der Waals surface area contributed by atoms with E-state index in [0.29, 0.717) is 13.0 Å². The van der Waals surface area contributed by atoms with Crippen LogP contribution in [0.1, 0.15) is 50.2 Å². The summed E-state index contributed by atoms with van der Waals surface area (Å²) in [6.07, 6.45) is 4.86. The number of benzene rings is 2. The largest absolute Gasteiger partial charge is 0.497 e. The molecule has 3 rings (SSSR count). The topological polar surface area (TPSA) is 58.6 Å². The summed E-state index contributed by atoms with van der Waals surface area (Å²) in [5.74, 6) is 0.138. The Balaban J connectivity index is 1.80. The van der Waals surface area contributed by atoms with Gasteiger partial charge in [0.1, 0.15) is 17.6 Å². The SMILES string of the molecule is CC[C@H](C(=O)NC1CCCC1)N(Cc1ccc(OC)cc1)C(=O)Cc1ccc(F)cc1. The van der Waals surface area contributed by atoms with Gasteiger partial charge < -0.3 is 15.0 Å². The van der Waals surface area contributed by atoms with Crippen LogP contribution in [0.3, 0.4) is 0 Å². The van der Waals surface area contributed by atoms with Crippen molar-refractivity contribution >= 4 is 11.8 Å². The average molecular weight is 427 g/mol. The van der Waals surface area contributed by atoms with Gasteiger partial charge in [0.15, 0.2) is 0 Å². The molecule has 2 aromatic rings. The van der Waals surface area contributed by atoms with Crippen LogP contribution in [-0.4, -0.2) is 35.9 Å². The number of rotatable bonds is 9. The van der Waals surface area contributed by atoms with E-state index in [1.807, 2.05) is 31.2 Å². The van der Waals surface area contributed by atoms with Crippen molar-refractivity contribution in [2.45, 2.75) is 64.1 Å². The molecule has 2 amide bonds. The lowest BCUT2D eigenvalue weighted by atomic mass is 10.1. The number of ether oxygens (including phenoxy) is 1. The monoisotopic (exact) mass is 426 g/mol. The van der Waals surface area contributed by atoms with Crippen LogP contribution >= 0.6 is 0 Å². The van der Waals surface area contributed by atoms with Crippen molar-refractivity contribution in [1.82, 2.24) is 10.2 Å².